The van der Waals surface area contributed by atoms with Crippen molar-refractivity contribution in [2.45, 2.75) is 31.8 Å². The first-order valence-electron chi connectivity index (χ1n) is 7.87. The van der Waals surface area contributed by atoms with Crippen LogP contribution in [-0.4, -0.2) is 31.1 Å². The summed E-state index contributed by atoms with van der Waals surface area (Å²) < 4.78 is 5.62. The van der Waals surface area contributed by atoms with Gasteiger partial charge in [0.05, 0.1) is 0 Å². The molecule has 2 aromatic carbocycles. The van der Waals surface area contributed by atoms with Crippen molar-refractivity contribution < 1.29 is 9.53 Å². The first kappa shape index (κ1) is 17.6. The highest BCUT2D eigenvalue weighted by molar-refractivity contribution is 5.85. The fraction of sp³-hybridized carbons (Fsp3) is 0.389. The summed E-state index contributed by atoms with van der Waals surface area (Å²) in [5.41, 5.74) is 0. The highest BCUT2D eigenvalue weighted by Gasteiger charge is 2.22. The fourth-order valence-corrected chi connectivity index (χ4v) is 2.90. The Bertz CT molecular complexity index is 662. The van der Waals surface area contributed by atoms with Crippen LogP contribution >= 0.6 is 12.4 Å². The lowest BCUT2D eigenvalue weighted by molar-refractivity contribution is -0.124. The van der Waals surface area contributed by atoms with Gasteiger partial charge in [-0.2, -0.15) is 0 Å². The second-order valence-electron chi connectivity index (χ2n) is 5.86. The quantitative estimate of drug-likeness (QED) is 0.904. The number of amides is 1. The molecule has 1 amide bonds. The summed E-state index contributed by atoms with van der Waals surface area (Å²) in [6, 6.07) is 14.5. The van der Waals surface area contributed by atoms with Crippen molar-refractivity contribution in [1.29, 1.82) is 0 Å². The highest BCUT2D eigenvalue weighted by Crippen LogP contribution is 2.20. The van der Waals surface area contributed by atoms with Crippen molar-refractivity contribution in [1.82, 2.24) is 10.6 Å². The van der Waals surface area contributed by atoms with E-state index in [9.17, 15) is 4.79 Å². The molecule has 3 rings (SSSR count). The summed E-state index contributed by atoms with van der Waals surface area (Å²) in [5.74, 6) is 0.664. The number of piperidine rings is 1. The van der Waals surface area contributed by atoms with Gasteiger partial charge in [-0.1, -0.05) is 30.3 Å². The van der Waals surface area contributed by atoms with E-state index in [0.29, 0.717) is 6.04 Å². The molecule has 2 aromatic rings. The van der Waals surface area contributed by atoms with E-state index in [1.54, 1.807) is 0 Å². The average Bonchev–Trinajstić information content (AvgIpc) is 2.55. The third-order valence-electron chi connectivity index (χ3n) is 4.20. The van der Waals surface area contributed by atoms with E-state index in [2.05, 4.69) is 23.6 Å². The molecule has 0 bridgehead atoms. The fourth-order valence-electron chi connectivity index (χ4n) is 2.90. The van der Waals surface area contributed by atoms with Crippen LogP contribution in [0.2, 0.25) is 0 Å². The molecule has 5 heteroatoms. The minimum atomic E-state index is -0.0614. The van der Waals surface area contributed by atoms with E-state index >= 15 is 0 Å². The van der Waals surface area contributed by atoms with E-state index in [1.807, 2.05) is 36.4 Å². The minimum absolute atomic E-state index is 0. The van der Waals surface area contributed by atoms with Crippen LogP contribution in [-0.2, 0) is 4.79 Å². The third kappa shape index (κ3) is 4.60. The molecule has 0 aliphatic carbocycles. The van der Waals surface area contributed by atoms with E-state index in [1.165, 1.54) is 5.39 Å². The Morgan fingerprint density at radius 1 is 1.26 bits per heavy atom. The van der Waals surface area contributed by atoms with Crippen LogP contribution in [0.3, 0.4) is 0 Å². The van der Waals surface area contributed by atoms with Crippen LogP contribution in [0.5, 0.6) is 5.75 Å². The third-order valence-corrected chi connectivity index (χ3v) is 4.20. The van der Waals surface area contributed by atoms with Crippen molar-refractivity contribution in [3.05, 3.63) is 42.5 Å². The summed E-state index contributed by atoms with van der Waals surface area (Å²) in [6.45, 7) is 3.19. The number of hydrogen-bond acceptors (Lipinski definition) is 3. The number of fused-ring (bicyclic) bond motifs is 1. The molecule has 124 valence electrons. The monoisotopic (exact) mass is 334 g/mol. The van der Waals surface area contributed by atoms with Crippen LogP contribution in [0.4, 0.5) is 0 Å². The number of nitrogens with one attached hydrogen (secondary N) is 2. The van der Waals surface area contributed by atoms with Gasteiger partial charge in [-0.25, -0.2) is 0 Å². The van der Waals surface area contributed by atoms with E-state index in [0.717, 1.165) is 30.5 Å². The van der Waals surface area contributed by atoms with Crippen molar-refractivity contribution in [3.63, 3.8) is 0 Å². The van der Waals surface area contributed by atoms with Crippen LogP contribution in [0.25, 0.3) is 10.8 Å². The summed E-state index contributed by atoms with van der Waals surface area (Å²) in [4.78, 5) is 12.0. The molecule has 1 heterocycles. The molecule has 23 heavy (non-hydrogen) atoms. The summed E-state index contributed by atoms with van der Waals surface area (Å²) in [5, 5.41) is 8.71. The molecule has 4 nitrogen and oxygen atoms in total. The molecule has 1 aliphatic rings. The van der Waals surface area contributed by atoms with Crippen LogP contribution in [0.15, 0.2) is 42.5 Å². The first-order chi connectivity index (χ1) is 10.7. The number of carbonyl (C=O) groups is 1. The Kier molecular flexibility index (Phi) is 6.25. The van der Waals surface area contributed by atoms with Gasteiger partial charge in [-0.15, -0.1) is 12.4 Å². The Morgan fingerprint density at radius 2 is 2.04 bits per heavy atom. The average molecular weight is 335 g/mol. The molecule has 2 N–H and O–H groups in total. The minimum Gasteiger partial charge on any atom is -0.484 e. The van der Waals surface area contributed by atoms with Gasteiger partial charge in [-0.05, 0) is 49.2 Å². The SMILES string of the molecule is CC1NCCCC1NC(=O)COc1ccc2ccccc2c1.Cl. The first-order valence-corrected chi connectivity index (χ1v) is 7.87. The van der Waals surface area contributed by atoms with Gasteiger partial charge in [0.2, 0.25) is 0 Å². The standard InChI is InChI=1S/C18H22N2O2.ClH/c1-13-17(7-4-10-19-13)20-18(21)12-22-16-9-8-14-5-2-3-6-15(14)11-16;/h2-3,5-6,8-9,11,13,17,19H,4,7,10,12H2,1H3,(H,20,21);1H. The zero-order chi connectivity index (χ0) is 15.4. The van der Waals surface area contributed by atoms with Gasteiger partial charge in [0, 0.05) is 12.1 Å². The summed E-state index contributed by atoms with van der Waals surface area (Å²) in [7, 11) is 0. The number of carbonyl (C=O) groups excluding carboxylic acids is 1. The Labute approximate surface area is 143 Å². The number of halogens is 1. The number of hydrogen-bond donors (Lipinski definition) is 2. The number of ether oxygens (including phenoxy) is 1. The Hall–Kier alpha value is -1.78. The lowest BCUT2D eigenvalue weighted by Gasteiger charge is -2.30. The maximum absolute atomic E-state index is 12.0. The normalized spacial score (nSPS) is 20.6. The molecule has 0 spiro atoms. The maximum atomic E-state index is 12.0. The molecule has 2 atom stereocenters. The lowest BCUT2D eigenvalue weighted by Crippen LogP contribution is -2.52. The van der Waals surface area contributed by atoms with Crippen molar-refractivity contribution >= 4 is 29.1 Å². The maximum Gasteiger partial charge on any atom is 0.258 e. The smallest absolute Gasteiger partial charge is 0.258 e. The van der Waals surface area contributed by atoms with Crippen LogP contribution in [0.1, 0.15) is 19.8 Å². The van der Waals surface area contributed by atoms with Crippen LogP contribution < -0.4 is 15.4 Å². The Morgan fingerprint density at radius 3 is 2.83 bits per heavy atom. The zero-order valence-corrected chi connectivity index (χ0v) is 14.1. The topological polar surface area (TPSA) is 50.4 Å². The highest BCUT2D eigenvalue weighted by atomic mass is 35.5. The van der Waals surface area contributed by atoms with Gasteiger partial charge in [0.25, 0.3) is 5.91 Å². The predicted octanol–water partition coefficient (Wildman–Crippen LogP) is 2.90. The predicted molar refractivity (Wildman–Crippen MR) is 95.3 cm³/mol. The molecule has 1 aliphatic heterocycles. The molecule has 1 fully saturated rings. The van der Waals surface area contributed by atoms with Crippen molar-refractivity contribution in [3.8, 4) is 5.75 Å². The molecular formula is C18H23ClN2O2. The van der Waals surface area contributed by atoms with E-state index in [4.69, 9.17) is 4.74 Å². The van der Waals surface area contributed by atoms with E-state index < -0.39 is 0 Å². The van der Waals surface area contributed by atoms with Gasteiger partial charge in [-0.3, -0.25) is 4.79 Å². The van der Waals surface area contributed by atoms with Crippen LogP contribution in [0, 0.1) is 0 Å². The largest absolute Gasteiger partial charge is 0.484 e. The Balaban J connectivity index is 0.00000192. The molecular weight excluding hydrogens is 312 g/mol. The van der Waals surface area contributed by atoms with Crippen molar-refractivity contribution in [2.24, 2.45) is 0 Å². The molecule has 0 saturated carbocycles. The van der Waals surface area contributed by atoms with E-state index in [-0.39, 0.29) is 31.0 Å². The van der Waals surface area contributed by atoms with Gasteiger partial charge < -0.3 is 15.4 Å². The molecule has 0 radical (unpaired) electrons. The molecule has 1 saturated heterocycles. The summed E-state index contributed by atoms with van der Waals surface area (Å²) in [6.07, 6.45) is 2.12. The van der Waals surface area contributed by atoms with Crippen molar-refractivity contribution in [2.75, 3.05) is 13.2 Å². The van der Waals surface area contributed by atoms with Gasteiger partial charge in [0.15, 0.2) is 6.61 Å². The van der Waals surface area contributed by atoms with Gasteiger partial charge in [0.1, 0.15) is 5.75 Å². The zero-order valence-electron chi connectivity index (χ0n) is 13.2. The molecule has 2 unspecified atom stereocenters. The second kappa shape index (κ2) is 8.18. The summed E-state index contributed by atoms with van der Waals surface area (Å²) >= 11 is 0. The number of benzene rings is 2. The lowest BCUT2D eigenvalue weighted by atomic mass is 10.00. The number of rotatable bonds is 4. The van der Waals surface area contributed by atoms with Gasteiger partial charge >= 0.3 is 0 Å². The second-order valence-corrected chi connectivity index (χ2v) is 5.86. The molecule has 0 aromatic heterocycles.